The fourth-order valence-corrected chi connectivity index (χ4v) is 3.18. The van der Waals surface area contributed by atoms with Crippen LogP contribution in [0.15, 0.2) is 60.7 Å². The van der Waals surface area contributed by atoms with Gasteiger partial charge in [0.25, 0.3) is 0 Å². The normalized spacial score (nSPS) is 12.8. The lowest BCUT2D eigenvalue weighted by Gasteiger charge is -2.11. The van der Waals surface area contributed by atoms with Crippen molar-refractivity contribution < 1.29 is 4.79 Å². The molecule has 0 spiro atoms. The van der Waals surface area contributed by atoms with Crippen LogP contribution in [-0.4, -0.2) is 10.9 Å². The van der Waals surface area contributed by atoms with Crippen molar-refractivity contribution in [2.45, 2.75) is 13.5 Å². The predicted molar refractivity (Wildman–Crippen MR) is 93.5 cm³/mol. The molecular weight excluding hydrogens is 282 g/mol. The maximum atomic E-state index is 11.4. The maximum Gasteiger partial charge on any atom is 0.166 e. The average molecular weight is 299 g/mol. The van der Waals surface area contributed by atoms with E-state index in [1.165, 1.54) is 22.3 Å². The number of nitrogens with zero attached hydrogens (tertiary/aromatic N) is 1. The lowest BCUT2D eigenvalue weighted by atomic mass is 9.98. The van der Waals surface area contributed by atoms with Crippen LogP contribution in [0.25, 0.3) is 11.6 Å². The van der Waals surface area contributed by atoms with Gasteiger partial charge in [-0.1, -0.05) is 54.1 Å². The predicted octanol–water partition coefficient (Wildman–Crippen LogP) is 4.56. The van der Waals surface area contributed by atoms with Crippen LogP contribution in [0.3, 0.4) is 0 Å². The topological polar surface area (TPSA) is 22.0 Å². The van der Waals surface area contributed by atoms with Crippen molar-refractivity contribution in [3.63, 3.8) is 0 Å². The smallest absolute Gasteiger partial charge is 0.166 e. The fourth-order valence-electron chi connectivity index (χ4n) is 3.18. The van der Waals surface area contributed by atoms with E-state index < -0.39 is 0 Å². The maximum absolute atomic E-state index is 11.4. The first-order valence-electron chi connectivity index (χ1n) is 7.78. The van der Waals surface area contributed by atoms with Gasteiger partial charge >= 0.3 is 0 Å². The highest BCUT2D eigenvalue weighted by Gasteiger charge is 2.18. The number of aldehydes is 1. The van der Waals surface area contributed by atoms with Crippen molar-refractivity contribution in [3.05, 3.63) is 94.3 Å². The number of benzene rings is 2. The summed E-state index contributed by atoms with van der Waals surface area (Å²) in [5, 5.41) is 0. The van der Waals surface area contributed by atoms with E-state index in [0.717, 1.165) is 29.8 Å². The second-order valence-corrected chi connectivity index (χ2v) is 5.97. The molecule has 2 heterocycles. The lowest BCUT2D eigenvalue weighted by Crippen LogP contribution is -2.06. The summed E-state index contributed by atoms with van der Waals surface area (Å²) in [7, 11) is 0. The third-order valence-electron chi connectivity index (χ3n) is 4.46. The van der Waals surface area contributed by atoms with Gasteiger partial charge in [0.05, 0.1) is 5.69 Å². The molecule has 2 nitrogen and oxygen atoms in total. The Hall–Kier alpha value is -2.87. The zero-order valence-corrected chi connectivity index (χ0v) is 13.0. The summed E-state index contributed by atoms with van der Waals surface area (Å²) in [4.78, 5) is 11.4. The van der Waals surface area contributed by atoms with E-state index in [2.05, 4.69) is 60.0 Å². The number of carbonyl (C=O) groups is 1. The molecule has 0 N–H and O–H groups in total. The van der Waals surface area contributed by atoms with Gasteiger partial charge in [0.15, 0.2) is 6.29 Å². The van der Waals surface area contributed by atoms with E-state index in [1.807, 2.05) is 18.2 Å². The van der Waals surface area contributed by atoms with E-state index in [9.17, 15) is 4.79 Å². The average Bonchev–Trinajstić information content (AvgIpc) is 2.90. The standard InChI is InChI=1S/C21H17NO/c1-15-6-8-16(9-7-15)20-12-17-4-2-3-5-18(17)13-22-19(14-23)10-11-21(20)22/h2-12,14H,13H2,1H3. The quantitative estimate of drug-likeness (QED) is 0.497. The molecule has 4 rings (SSSR count). The van der Waals surface area contributed by atoms with E-state index in [-0.39, 0.29) is 0 Å². The third kappa shape index (κ3) is 2.33. The molecule has 1 aliphatic rings. The molecule has 3 aromatic rings. The second kappa shape index (κ2) is 5.40. The van der Waals surface area contributed by atoms with Crippen molar-refractivity contribution in [2.24, 2.45) is 0 Å². The summed E-state index contributed by atoms with van der Waals surface area (Å²) in [6, 6.07) is 20.9. The van der Waals surface area contributed by atoms with Crippen LogP contribution in [0.2, 0.25) is 0 Å². The molecule has 0 fully saturated rings. The van der Waals surface area contributed by atoms with Gasteiger partial charge in [-0.2, -0.15) is 0 Å². The number of hydrogen-bond donors (Lipinski definition) is 0. The molecule has 0 aliphatic carbocycles. The Kier molecular flexibility index (Phi) is 3.23. The molecule has 23 heavy (non-hydrogen) atoms. The van der Waals surface area contributed by atoms with Gasteiger partial charge in [0.1, 0.15) is 0 Å². The highest BCUT2D eigenvalue weighted by molar-refractivity contribution is 5.93. The highest BCUT2D eigenvalue weighted by atomic mass is 16.1. The Morgan fingerprint density at radius 1 is 0.957 bits per heavy atom. The van der Waals surface area contributed by atoms with Gasteiger partial charge < -0.3 is 4.57 Å². The van der Waals surface area contributed by atoms with Crippen LogP contribution in [0.1, 0.15) is 38.4 Å². The van der Waals surface area contributed by atoms with E-state index in [4.69, 9.17) is 0 Å². The Labute approximate surface area is 135 Å². The Morgan fingerprint density at radius 2 is 1.74 bits per heavy atom. The highest BCUT2D eigenvalue weighted by Crippen LogP contribution is 2.32. The molecule has 0 saturated carbocycles. The van der Waals surface area contributed by atoms with Crippen LogP contribution in [0, 0.1) is 6.92 Å². The molecule has 0 atom stereocenters. The van der Waals surface area contributed by atoms with Crippen molar-refractivity contribution >= 4 is 17.9 Å². The molecule has 0 radical (unpaired) electrons. The van der Waals surface area contributed by atoms with Crippen LogP contribution in [0.4, 0.5) is 0 Å². The molecule has 2 aromatic carbocycles. The number of rotatable bonds is 2. The summed E-state index contributed by atoms with van der Waals surface area (Å²) in [5.74, 6) is 0. The molecule has 0 unspecified atom stereocenters. The van der Waals surface area contributed by atoms with Crippen molar-refractivity contribution in [1.29, 1.82) is 0 Å². The summed E-state index contributed by atoms with van der Waals surface area (Å²) in [6.07, 6.45) is 3.16. The van der Waals surface area contributed by atoms with Crippen LogP contribution in [0.5, 0.6) is 0 Å². The summed E-state index contributed by atoms with van der Waals surface area (Å²) in [6.45, 7) is 2.81. The summed E-state index contributed by atoms with van der Waals surface area (Å²) in [5.41, 5.74) is 7.82. The van der Waals surface area contributed by atoms with Crippen molar-refractivity contribution in [2.75, 3.05) is 0 Å². The zero-order valence-electron chi connectivity index (χ0n) is 13.0. The minimum Gasteiger partial charge on any atom is -0.334 e. The summed E-state index contributed by atoms with van der Waals surface area (Å²) >= 11 is 0. The molecule has 0 saturated heterocycles. The first-order chi connectivity index (χ1) is 11.3. The number of hydrogen-bond acceptors (Lipinski definition) is 1. The molecule has 0 amide bonds. The molecule has 1 aliphatic heterocycles. The molecule has 2 heteroatoms. The summed E-state index contributed by atoms with van der Waals surface area (Å²) < 4.78 is 2.10. The number of fused-ring (bicyclic) bond motifs is 2. The second-order valence-electron chi connectivity index (χ2n) is 5.97. The van der Waals surface area contributed by atoms with Gasteiger partial charge in [-0.15, -0.1) is 0 Å². The Balaban J connectivity index is 1.98. The molecular formula is C21H17NO. The molecule has 112 valence electrons. The van der Waals surface area contributed by atoms with E-state index in [0.29, 0.717) is 0 Å². The Bertz CT molecular complexity index is 913. The SMILES string of the molecule is Cc1ccc(C2=Cc3ccccc3Cn3c(C=O)ccc32)cc1. The third-order valence-corrected chi connectivity index (χ3v) is 4.46. The van der Waals surface area contributed by atoms with Crippen molar-refractivity contribution in [1.82, 2.24) is 4.57 Å². The van der Waals surface area contributed by atoms with Crippen LogP contribution < -0.4 is 0 Å². The van der Waals surface area contributed by atoms with Gasteiger partial charge in [0, 0.05) is 17.8 Å². The zero-order chi connectivity index (χ0) is 15.8. The van der Waals surface area contributed by atoms with Gasteiger partial charge in [-0.3, -0.25) is 4.79 Å². The van der Waals surface area contributed by atoms with E-state index in [1.54, 1.807) is 0 Å². The van der Waals surface area contributed by atoms with Gasteiger partial charge in [-0.05, 0) is 41.8 Å². The van der Waals surface area contributed by atoms with Crippen LogP contribution in [-0.2, 0) is 6.54 Å². The van der Waals surface area contributed by atoms with E-state index >= 15 is 0 Å². The molecule has 1 aromatic heterocycles. The monoisotopic (exact) mass is 299 g/mol. The minimum absolute atomic E-state index is 0.717. The number of aryl methyl sites for hydroxylation is 1. The number of carbonyl (C=O) groups excluding carboxylic acids is 1. The first-order valence-corrected chi connectivity index (χ1v) is 7.78. The first kappa shape index (κ1) is 13.8. The molecule has 0 bridgehead atoms. The Morgan fingerprint density at radius 3 is 2.52 bits per heavy atom. The largest absolute Gasteiger partial charge is 0.334 e. The van der Waals surface area contributed by atoms with Crippen LogP contribution >= 0.6 is 0 Å². The van der Waals surface area contributed by atoms with Gasteiger partial charge in [-0.25, -0.2) is 0 Å². The van der Waals surface area contributed by atoms with Gasteiger partial charge in [0.2, 0.25) is 0 Å². The van der Waals surface area contributed by atoms with Crippen molar-refractivity contribution in [3.8, 4) is 0 Å². The fraction of sp³-hybridized carbons (Fsp3) is 0.0952. The minimum atomic E-state index is 0.717. The number of aromatic nitrogens is 1. The lowest BCUT2D eigenvalue weighted by molar-refractivity contribution is 0.111.